The van der Waals surface area contributed by atoms with Gasteiger partial charge in [-0.1, -0.05) is 19.8 Å². The Morgan fingerprint density at radius 1 is 1.22 bits per heavy atom. The van der Waals surface area contributed by atoms with Gasteiger partial charge in [-0.05, 0) is 43.9 Å². The standard InChI is InChI=1S/C15H20F2O/c1-3-15(6-4-5-7-15)14(18)11-9-12(16)10(2)8-13(11)17/h8-9,14,18H,3-7H2,1-2H3. The van der Waals surface area contributed by atoms with Crippen molar-refractivity contribution in [2.75, 3.05) is 0 Å². The van der Waals surface area contributed by atoms with Gasteiger partial charge in [0, 0.05) is 11.0 Å². The van der Waals surface area contributed by atoms with Crippen molar-refractivity contribution in [2.45, 2.75) is 52.1 Å². The molecule has 1 fully saturated rings. The lowest BCUT2D eigenvalue weighted by Gasteiger charge is -2.33. The summed E-state index contributed by atoms with van der Waals surface area (Å²) >= 11 is 0. The smallest absolute Gasteiger partial charge is 0.129 e. The van der Waals surface area contributed by atoms with Crippen LogP contribution in [0.4, 0.5) is 8.78 Å². The van der Waals surface area contributed by atoms with Gasteiger partial charge in [-0.2, -0.15) is 0 Å². The maximum absolute atomic E-state index is 13.9. The lowest BCUT2D eigenvalue weighted by atomic mass is 9.75. The molecule has 0 aromatic heterocycles. The molecule has 1 atom stereocenters. The average Bonchev–Trinajstić information content (AvgIpc) is 2.83. The Morgan fingerprint density at radius 2 is 1.83 bits per heavy atom. The predicted molar refractivity (Wildman–Crippen MR) is 67.2 cm³/mol. The summed E-state index contributed by atoms with van der Waals surface area (Å²) in [6.45, 7) is 3.54. The Hall–Kier alpha value is -0.960. The Bertz CT molecular complexity index is 436. The molecule has 1 aromatic rings. The SMILES string of the molecule is CCC1(C(O)c2cc(F)c(C)cc2F)CCCC1. The van der Waals surface area contributed by atoms with Crippen LogP contribution in [-0.2, 0) is 0 Å². The highest BCUT2D eigenvalue weighted by atomic mass is 19.1. The van der Waals surface area contributed by atoms with E-state index in [1.807, 2.05) is 6.92 Å². The van der Waals surface area contributed by atoms with E-state index in [2.05, 4.69) is 0 Å². The number of benzene rings is 1. The Kier molecular flexibility index (Phi) is 3.71. The second-order valence-electron chi connectivity index (χ2n) is 5.45. The second-order valence-corrected chi connectivity index (χ2v) is 5.45. The fourth-order valence-electron chi connectivity index (χ4n) is 3.10. The summed E-state index contributed by atoms with van der Waals surface area (Å²) in [6.07, 6.45) is 3.78. The number of aliphatic hydroxyl groups excluding tert-OH is 1. The first-order valence-electron chi connectivity index (χ1n) is 6.64. The summed E-state index contributed by atoms with van der Waals surface area (Å²) in [6, 6.07) is 2.33. The van der Waals surface area contributed by atoms with Gasteiger partial charge in [0.1, 0.15) is 11.6 Å². The van der Waals surface area contributed by atoms with Crippen LogP contribution in [0.25, 0.3) is 0 Å². The zero-order valence-electron chi connectivity index (χ0n) is 11.0. The van der Waals surface area contributed by atoms with Gasteiger partial charge in [0.25, 0.3) is 0 Å². The highest BCUT2D eigenvalue weighted by Crippen LogP contribution is 2.50. The van der Waals surface area contributed by atoms with Crippen LogP contribution < -0.4 is 0 Å². The van der Waals surface area contributed by atoms with Crippen molar-refractivity contribution in [1.82, 2.24) is 0 Å². The molecule has 100 valence electrons. The highest BCUT2D eigenvalue weighted by molar-refractivity contribution is 5.28. The maximum atomic E-state index is 13.9. The van der Waals surface area contributed by atoms with E-state index in [-0.39, 0.29) is 16.5 Å². The largest absolute Gasteiger partial charge is 0.388 e. The van der Waals surface area contributed by atoms with Crippen LogP contribution in [0.3, 0.4) is 0 Å². The topological polar surface area (TPSA) is 20.2 Å². The Balaban J connectivity index is 2.39. The number of rotatable bonds is 3. The van der Waals surface area contributed by atoms with Crippen molar-refractivity contribution in [2.24, 2.45) is 5.41 Å². The van der Waals surface area contributed by atoms with E-state index in [0.717, 1.165) is 38.2 Å². The van der Waals surface area contributed by atoms with Gasteiger partial charge in [-0.25, -0.2) is 8.78 Å². The summed E-state index contributed by atoms with van der Waals surface area (Å²) < 4.78 is 27.5. The third-order valence-electron chi connectivity index (χ3n) is 4.46. The lowest BCUT2D eigenvalue weighted by Crippen LogP contribution is -2.26. The normalized spacial score (nSPS) is 20.1. The van der Waals surface area contributed by atoms with Crippen LogP contribution in [0.2, 0.25) is 0 Å². The van der Waals surface area contributed by atoms with Crippen LogP contribution in [0.5, 0.6) is 0 Å². The molecule has 0 bridgehead atoms. The quantitative estimate of drug-likeness (QED) is 0.853. The molecular formula is C15H20F2O. The molecule has 1 unspecified atom stereocenters. The summed E-state index contributed by atoms with van der Waals surface area (Å²) in [5.74, 6) is -0.948. The monoisotopic (exact) mass is 254 g/mol. The van der Waals surface area contributed by atoms with E-state index in [1.54, 1.807) is 0 Å². The van der Waals surface area contributed by atoms with Crippen molar-refractivity contribution in [1.29, 1.82) is 0 Å². The Morgan fingerprint density at radius 3 is 2.39 bits per heavy atom. The van der Waals surface area contributed by atoms with Crippen LogP contribution in [0.15, 0.2) is 12.1 Å². The fourth-order valence-corrected chi connectivity index (χ4v) is 3.10. The van der Waals surface area contributed by atoms with Crippen LogP contribution >= 0.6 is 0 Å². The minimum atomic E-state index is -0.903. The molecule has 0 heterocycles. The Labute approximate surface area is 107 Å². The van der Waals surface area contributed by atoms with Gasteiger partial charge < -0.3 is 5.11 Å². The molecule has 2 rings (SSSR count). The molecule has 3 heteroatoms. The number of aliphatic hydroxyl groups is 1. The van der Waals surface area contributed by atoms with Gasteiger partial charge in [0.15, 0.2) is 0 Å². The molecule has 0 radical (unpaired) electrons. The average molecular weight is 254 g/mol. The minimum absolute atomic E-state index is 0.113. The molecule has 1 aromatic carbocycles. The molecule has 1 aliphatic carbocycles. The molecule has 1 N–H and O–H groups in total. The molecule has 1 nitrogen and oxygen atoms in total. The van der Waals surface area contributed by atoms with E-state index in [4.69, 9.17) is 0 Å². The van der Waals surface area contributed by atoms with E-state index in [0.29, 0.717) is 0 Å². The molecule has 0 aliphatic heterocycles. The summed E-state index contributed by atoms with van der Waals surface area (Å²) in [5.41, 5.74) is 0.116. The van der Waals surface area contributed by atoms with Crippen molar-refractivity contribution < 1.29 is 13.9 Å². The van der Waals surface area contributed by atoms with Crippen molar-refractivity contribution in [3.05, 3.63) is 34.9 Å². The van der Waals surface area contributed by atoms with Crippen LogP contribution in [0.1, 0.15) is 56.3 Å². The first-order chi connectivity index (χ1) is 8.50. The number of halogens is 2. The van der Waals surface area contributed by atoms with Gasteiger partial charge in [0.2, 0.25) is 0 Å². The lowest BCUT2D eigenvalue weighted by molar-refractivity contribution is 0.0209. The van der Waals surface area contributed by atoms with Crippen molar-refractivity contribution in [3.8, 4) is 0 Å². The third kappa shape index (κ3) is 2.16. The highest BCUT2D eigenvalue weighted by Gasteiger charge is 2.40. The summed E-state index contributed by atoms with van der Waals surface area (Å²) in [5, 5.41) is 10.5. The van der Waals surface area contributed by atoms with Crippen LogP contribution in [-0.4, -0.2) is 5.11 Å². The third-order valence-corrected chi connectivity index (χ3v) is 4.46. The molecule has 1 saturated carbocycles. The zero-order chi connectivity index (χ0) is 13.3. The zero-order valence-corrected chi connectivity index (χ0v) is 11.0. The molecule has 18 heavy (non-hydrogen) atoms. The van der Waals surface area contributed by atoms with E-state index >= 15 is 0 Å². The van der Waals surface area contributed by atoms with Gasteiger partial charge >= 0.3 is 0 Å². The molecule has 0 saturated heterocycles. The number of hydrogen-bond donors (Lipinski definition) is 1. The van der Waals surface area contributed by atoms with Crippen LogP contribution in [0, 0.1) is 24.0 Å². The number of hydrogen-bond acceptors (Lipinski definition) is 1. The maximum Gasteiger partial charge on any atom is 0.129 e. The minimum Gasteiger partial charge on any atom is -0.388 e. The van der Waals surface area contributed by atoms with Crippen molar-refractivity contribution in [3.63, 3.8) is 0 Å². The summed E-state index contributed by atoms with van der Waals surface area (Å²) in [4.78, 5) is 0. The molecule has 0 amide bonds. The van der Waals surface area contributed by atoms with E-state index in [1.165, 1.54) is 13.0 Å². The first kappa shape index (κ1) is 13.5. The van der Waals surface area contributed by atoms with E-state index in [9.17, 15) is 13.9 Å². The first-order valence-corrected chi connectivity index (χ1v) is 6.64. The summed E-state index contributed by atoms with van der Waals surface area (Å²) in [7, 11) is 0. The van der Waals surface area contributed by atoms with E-state index < -0.39 is 17.7 Å². The molecular weight excluding hydrogens is 234 g/mol. The van der Waals surface area contributed by atoms with Crippen molar-refractivity contribution >= 4 is 0 Å². The predicted octanol–water partition coefficient (Wildman–Crippen LogP) is 4.28. The molecule has 1 aliphatic rings. The van der Waals surface area contributed by atoms with Gasteiger partial charge in [0.05, 0.1) is 6.10 Å². The molecule has 0 spiro atoms. The fraction of sp³-hybridized carbons (Fsp3) is 0.600. The second kappa shape index (κ2) is 4.96. The van der Waals surface area contributed by atoms with Gasteiger partial charge in [-0.3, -0.25) is 0 Å². The van der Waals surface area contributed by atoms with Gasteiger partial charge in [-0.15, -0.1) is 0 Å². The number of aryl methyl sites for hydroxylation is 1.